The molecule has 0 spiro atoms. The Bertz CT molecular complexity index is 655. The van der Waals surface area contributed by atoms with E-state index in [-0.39, 0.29) is 12.4 Å². The summed E-state index contributed by atoms with van der Waals surface area (Å²) in [6.07, 6.45) is 5.11. The summed E-state index contributed by atoms with van der Waals surface area (Å²) in [6.45, 7) is 2.20. The summed E-state index contributed by atoms with van der Waals surface area (Å²) in [6, 6.07) is 5.84. The summed E-state index contributed by atoms with van der Waals surface area (Å²) < 4.78 is 16.0. The smallest absolute Gasteiger partial charge is 0.226 e. The fourth-order valence-electron chi connectivity index (χ4n) is 3.16. The third-order valence-electron chi connectivity index (χ3n) is 4.48. The molecule has 1 aliphatic heterocycles. The van der Waals surface area contributed by atoms with Gasteiger partial charge in [-0.2, -0.15) is 4.98 Å². The van der Waals surface area contributed by atoms with Crippen molar-refractivity contribution in [2.45, 2.75) is 32.1 Å². The van der Waals surface area contributed by atoms with Crippen LogP contribution in [0.5, 0.6) is 11.5 Å². The van der Waals surface area contributed by atoms with Crippen LogP contribution in [0.1, 0.15) is 36.5 Å². The van der Waals surface area contributed by atoms with Gasteiger partial charge in [-0.05, 0) is 56.0 Å². The quantitative estimate of drug-likeness (QED) is 0.846. The average Bonchev–Trinajstić information content (AvgIpc) is 2.87. The van der Waals surface area contributed by atoms with Gasteiger partial charge < -0.3 is 19.3 Å². The van der Waals surface area contributed by atoms with Gasteiger partial charge in [-0.3, -0.25) is 0 Å². The van der Waals surface area contributed by atoms with Crippen molar-refractivity contribution in [1.29, 1.82) is 0 Å². The van der Waals surface area contributed by atoms with Crippen LogP contribution in [-0.2, 0) is 12.8 Å². The number of benzene rings is 1. The highest BCUT2D eigenvalue weighted by atomic mass is 35.5. The number of aromatic nitrogens is 2. The predicted molar refractivity (Wildman–Crippen MR) is 97.8 cm³/mol. The molecule has 0 bridgehead atoms. The van der Waals surface area contributed by atoms with Crippen LogP contribution in [-0.4, -0.2) is 37.4 Å². The van der Waals surface area contributed by atoms with Crippen molar-refractivity contribution < 1.29 is 14.0 Å². The van der Waals surface area contributed by atoms with Crippen LogP contribution >= 0.6 is 12.4 Å². The summed E-state index contributed by atoms with van der Waals surface area (Å²) in [5.74, 6) is 3.53. The standard InChI is InChI=1S/C18H25N3O3.ClH/c1-22-15-6-5-14(10-16(15)23-2)11-17-20-18(24-21-17)12-13-4-3-8-19-9-7-13;/h5-6,10,13,19H,3-4,7-9,11-12H2,1-2H3;1H. The van der Waals surface area contributed by atoms with Crippen molar-refractivity contribution in [2.24, 2.45) is 5.92 Å². The Kier molecular flexibility index (Phi) is 7.52. The van der Waals surface area contributed by atoms with Gasteiger partial charge in [-0.15, -0.1) is 12.4 Å². The first-order valence-corrected chi connectivity index (χ1v) is 8.51. The number of hydrogen-bond donors (Lipinski definition) is 1. The first kappa shape index (κ1) is 19.5. The SMILES string of the molecule is COc1ccc(Cc2noc(CC3CCCNCC3)n2)cc1OC.Cl. The molecule has 1 atom stereocenters. The van der Waals surface area contributed by atoms with Gasteiger partial charge in [0.25, 0.3) is 0 Å². The molecule has 0 aliphatic carbocycles. The molecule has 7 heteroatoms. The maximum atomic E-state index is 5.44. The van der Waals surface area contributed by atoms with E-state index in [2.05, 4.69) is 15.5 Å². The maximum Gasteiger partial charge on any atom is 0.226 e. The van der Waals surface area contributed by atoms with Gasteiger partial charge in [-0.1, -0.05) is 11.2 Å². The van der Waals surface area contributed by atoms with E-state index < -0.39 is 0 Å². The second kappa shape index (κ2) is 9.63. The molecule has 1 N–H and O–H groups in total. The van der Waals surface area contributed by atoms with Crippen LogP contribution in [0.25, 0.3) is 0 Å². The lowest BCUT2D eigenvalue weighted by Gasteiger charge is -2.09. The van der Waals surface area contributed by atoms with E-state index in [1.165, 1.54) is 19.3 Å². The summed E-state index contributed by atoms with van der Waals surface area (Å²) in [5.41, 5.74) is 1.07. The molecular formula is C18H26ClN3O3. The Morgan fingerprint density at radius 1 is 1.16 bits per heavy atom. The molecule has 3 rings (SSSR count). The number of ether oxygens (including phenoxy) is 2. The van der Waals surface area contributed by atoms with E-state index in [1.807, 2.05) is 18.2 Å². The molecule has 0 saturated carbocycles. The molecule has 25 heavy (non-hydrogen) atoms. The highest BCUT2D eigenvalue weighted by Crippen LogP contribution is 2.28. The van der Waals surface area contributed by atoms with E-state index in [1.54, 1.807) is 14.2 Å². The number of nitrogens with zero attached hydrogens (tertiary/aromatic N) is 2. The minimum atomic E-state index is 0. The molecule has 1 aromatic carbocycles. The lowest BCUT2D eigenvalue weighted by molar-refractivity contribution is 0.339. The molecule has 1 fully saturated rings. The molecule has 138 valence electrons. The number of rotatable bonds is 6. The predicted octanol–water partition coefficient (Wildman–Crippen LogP) is 3.03. The summed E-state index contributed by atoms with van der Waals surface area (Å²) in [5, 5.41) is 7.56. The van der Waals surface area contributed by atoms with E-state index in [0.29, 0.717) is 23.9 Å². The van der Waals surface area contributed by atoms with Crippen LogP contribution in [0, 0.1) is 5.92 Å². The molecule has 2 aromatic rings. The molecule has 1 aromatic heterocycles. The van der Waals surface area contributed by atoms with Crippen molar-refractivity contribution in [2.75, 3.05) is 27.3 Å². The van der Waals surface area contributed by atoms with Gasteiger partial charge in [0.2, 0.25) is 5.89 Å². The Balaban J connectivity index is 0.00000225. The van der Waals surface area contributed by atoms with E-state index in [9.17, 15) is 0 Å². The van der Waals surface area contributed by atoms with Gasteiger partial charge >= 0.3 is 0 Å². The van der Waals surface area contributed by atoms with E-state index in [0.717, 1.165) is 36.7 Å². The number of methoxy groups -OCH3 is 2. The molecule has 2 heterocycles. The van der Waals surface area contributed by atoms with Crippen LogP contribution < -0.4 is 14.8 Å². The van der Waals surface area contributed by atoms with Gasteiger partial charge in [0.15, 0.2) is 17.3 Å². The van der Waals surface area contributed by atoms with Crippen LogP contribution in [0.4, 0.5) is 0 Å². The van der Waals surface area contributed by atoms with E-state index >= 15 is 0 Å². The van der Waals surface area contributed by atoms with Crippen molar-refractivity contribution >= 4 is 12.4 Å². The van der Waals surface area contributed by atoms with Gasteiger partial charge in [0, 0.05) is 12.8 Å². The van der Waals surface area contributed by atoms with Gasteiger partial charge in [-0.25, -0.2) is 0 Å². The Hall–Kier alpha value is -1.79. The second-order valence-corrected chi connectivity index (χ2v) is 6.22. The number of hydrogen-bond acceptors (Lipinski definition) is 6. The Morgan fingerprint density at radius 2 is 2.00 bits per heavy atom. The van der Waals surface area contributed by atoms with Crippen LogP contribution in [0.15, 0.2) is 22.7 Å². The normalized spacial score (nSPS) is 17.4. The lowest BCUT2D eigenvalue weighted by Crippen LogP contribution is -2.14. The second-order valence-electron chi connectivity index (χ2n) is 6.22. The Morgan fingerprint density at radius 3 is 2.80 bits per heavy atom. The molecule has 1 unspecified atom stereocenters. The third-order valence-corrected chi connectivity index (χ3v) is 4.48. The summed E-state index contributed by atoms with van der Waals surface area (Å²) in [7, 11) is 3.27. The first-order chi connectivity index (χ1) is 11.8. The molecule has 1 saturated heterocycles. The zero-order valence-corrected chi connectivity index (χ0v) is 15.6. The number of halogens is 1. The zero-order chi connectivity index (χ0) is 16.8. The third kappa shape index (κ3) is 5.34. The highest BCUT2D eigenvalue weighted by molar-refractivity contribution is 5.85. The largest absolute Gasteiger partial charge is 0.493 e. The lowest BCUT2D eigenvalue weighted by atomic mass is 9.97. The fraction of sp³-hybridized carbons (Fsp3) is 0.556. The van der Waals surface area contributed by atoms with E-state index in [4.69, 9.17) is 14.0 Å². The van der Waals surface area contributed by atoms with Crippen molar-refractivity contribution in [1.82, 2.24) is 15.5 Å². The average molecular weight is 368 g/mol. The maximum absolute atomic E-state index is 5.44. The zero-order valence-electron chi connectivity index (χ0n) is 14.8. The van der Waals surface area contributed by atoms with Gasteiger partial charge in [0.05, 0.1) is 14.2 Å². The first-order valence-electron chi connectivity index (χ1n) is 8.51. The summed E-state index contributed by atoms with van der Waals surface area (Å²) >= 11 is 0. The minimum Gasteiger partial charge on any atom is -0.493 e. The molecule has 0 amide bonds. The summed E-state index contributed by atoms with van der Waals surface area (Å²) in [4.78, 5) is 4.56. The van der Waals surface area contributed by atoms with Crippen LogP contribution in [0.2, 0.25) is 0 Å². The molecule has 1 aliphatic rings. The number of nitrogens with one attached hydrogen (secondary N) is 1. The highest BCUT2D eigenvalue weighted by Gasteiger charge is 2.17. The molecule has 6 nitrogen and oxygen atoms in total. The van der Waals surface area contributed by atoms with Crippen molar-refractivity contribution in [3.63, 3.8) is 0 Å². The fourth-order valence-corrected chi connectivity index (χ4v) is 3.16. The van der Waals surface area contributed by atoms with Crippen molar-refractivity contribution in [3.8, 4) is 11.5 Å². The Labute approximate surface area is 154 Å². The topological polar surface area (TPSA) is 69.4 Å². The monoisotopic (exact) mass is 367 g/mol. The van der Waals surface area contributed by atoms with Crippen molar-refractivity contribution in [3.05, 3.63) is 35.5 Å². The molecular weight excluding hydrogens is 342 g/mol. The van der Waals surface area contributed by atoms with Crippen LogP contribution in [0.3, 0.4) is 0 Å². The minimum absolute atomic E-state index is 0. The van der Waals surface area contributed by atoms with Gasteiger partial charge in [0.1, 0.15) is 0 Å². The molecule has 0 radical (unpaired) electrons.